The summed E-state index contributed by atoms with van der Waals surface area (Å²) in [5.41, 5.74) is 2.01. The summed E-state index contributed by atoms with van der Waals surface area (Å²) in [5.74, 6) is -0.698. The van der Waals surface area contributed by atoms with Crippen LogP contribution in [0.5, 0.6) is 0 Å². The first-order valence-electron chi connectivity index (χ1n) is 8.79. The zero-order chi connectivity index (χ0) is 19.1. The van der Waals surface area contributed by atoms with Crippen molar-refractivity contribution in [1.29, 1.82) is 0 Å². The number of hydrogen-bond acceptors (Lipinski definition) is 6. The Hall–Kier alpha value is -1.42. The van der Waals surface area contributed by atoms with Gasteiger partial charge >= 0.3 is 0 Å². The molecule has 0 atom stereocenters. The summed E-state index contributed by atoms with van der Waals surface area (Å²) in [5, 5.41) is 4.95. The van der Waals surface area contributed by atoms with Crippen molar-refractivity contribution in [1.82, 2.24) is 9.88 Å². The van der Waals surface area contributed by atoms with Crippen LogP contribution in [-0.2, 0) is 10.0 Å². The molecule has 1 aromatic carbocycles. The van der Waals surface area contributed by atoms with Crippen LogP contribution in [0.3, 0.4) is 0 Å². The maximum atomic E-state index is 14.6. The predicted molar refractivity (Wildman–Crippen MR) is 106 cm³/mol. The molecule has 0 aliphatic carbocycles. The topological polar surface area (TPSA) is 74.3 Å². The molecular formula is C17H20ClFN4O2S2. The number of thiazole rings is 1. The monoisotopic (exact) mass is 430 g/mol. The number of hydrogen-bond donors (Lipinski definition) is 2. The lowest BCUT2D eigenvalue weighted by Crippen LogP contribution is -2.44. The molecule has 0 spiro atoms. The molecule has 2 aliphatic rings. The number of nitrogens with zero attached hydrogens (tertiary/aromatic N) is 2. The fourth-order valence-electron chi connectivity index (χ4n) is 4.10. The van der Waals surface area contributed by atoms with Crippen molar-refractivity contribution in [2.75, 3.05) is 29.7 Å². The van der Waals surface area contributed by atoms with Crippen molar-refractivity contribution in [2.45, 2.75) is 36.1 Å². The number of sulfonamides is 1. The molecule has 4 rings (SSSR count). The van der Waals surface area contributed by atoms with Crippen LogP contribution < -0.4 is 10.0 Å². The van der Waals surface area contributed by atoms with Crippen molar-refractivity contribution in [3.63, 3.8) is 0 Å². The highest BCUT2D eigenvalue weighted by atomic mass is 35.5. The Morgan fingerprint density at radius 1 is 1.30 bits per heavy atom. The molecule has 2 aromatic rings. The van der Waals surface area contributed by atoms with Gasteiger partial charge in [0.2, 0.25) is 0 Å². The molecule has 0 unspecified atom stereocenters. The minimum absolute atomic E-state index is 0.108. The molecule has 2 fully saturated rings. The molecule has 2 N–H and O–H groups in total. The van der Waals surface area contributed by atoms with Crippen molar-refractivity contribution >= 4 is 44.5 Å². The zero-order valence-corrected chi connectivity index (χ0v) is 16.9. The predicted octanol–water partition coefficient (Wildman–Crippen LogP) is 3.78. The first-order valence-corrected chi connectivity index (χ1v) is 11.6. The highest BCUT2D eigenvalue weighted by Crippen LogP contribution is 2.39. The van der Waals surface area contributed by atoms with E-state index in [0.29, 0.717) is 12.2 Å². The lowest BCUT2D eigenvalue weighted by atomic mass is 9.94. The summed E-state index contributed by atoms with van der Waals surface area (Å²) < 4.78 is 41.7. The third-order valence-electron chi connectivity index (χ3n) is 5.40. The van der Waals surface area contributed by atoms with Gasteiger partial charge in [-0.1, -0.05) is 11.6 Å². The lowest BCUT2D eigenvalue weighted by Gasteiger charge is -2.32. The Labute approximate surface area is 166 Å². The van der Waals surface area contributed by atoms with Gasteiger partial charge in [0.05, 0.1) is 16.2 Å². The second-order valence-electron chi connectivity index (χ2n) is 7.01. The van der Waals surface area contributed by atoms with Gasteiger partial charge in [-0.3, -0.25) is 9.62 Å². The first kappa shape index (κ1) is 18.9. The van der Waals surface area contributed by atoms with Gasteiger partial charge in [0.15, 0.2) is 5.82 Å². The smallest absolute Gasteiger partial charge is 0.266 e. The van der Waals surface area contributed by atoms with Gasteiger partial charge in [0, 0.05) is 17.5 Å². The van der Waals surface area contributed by atoms with Crippen molar-refractivity contribution in [3.05, 3.63) is 33.9 Å². The number of fused-ring (bicyclic) bond motifs is 1. The summed E-state index contributed by atoms with van der Waals surface area (Å²) in [6.07, 6.45) is 4.57. The normalized spacial score (nSPS) is 19.2. The zero-order valence-electron chi connectivity index (χ0n) is 14.5. The van der Waals surface area contributed by atoms with E-state index in [2.05, 4.69) is 19.9 Å². The van der Waals surface area contributed by atoms with E-state index in [-0.39, 0.29) is 16.4 Å². The van der Waals surface area contributed by atoms with Crippen LogP contribution in [0.1, 0.15) is 25.7 Å². The van der Waals surface area contributed by atoms with Crippen LogP contribution in [0, 0.1) is 5.82 Å². The van der Waals surface area contributed by atoms with E-state index in [0.717, 1.165) is 38.1 Å². The van der Waals surface area contributed by atoms with Gasteiger partial charge in [-0.15, -0.1) is 11.3 Å². The molecule has 0 saturated carbocycles. The maximum absolute atomic E-state index is 14.6. The quantitative estimate of drug-likeness (QED) is 0.729. The summed E-state index contributed by atoms with van der Waals surface area (Å²) >= 11 is 7.51. The van der Waals surface area contributed by atoms with Crippen molar-refractivity contribution in [3.8, 4) is 0 Å². The minimum Gasteiger partial charge on any atom is -0.382 e. The molecule has 10 heteroatoms. The van der Waals surface area contributed by atoms with E-state index in [4.69, 9.17) is 11.6 Å². The summed E-state index contributed by atoms with van der Waals surface area (Å²) in [6.45, 7) is 2.88. The van der Waals surface area contributed by atoms with E-state index >= 15 is 0 Å². The van der Waals surface area contributed by atoms with Gasteiger partial charge in [-0.25, -0.2) is 17.8 Å². The number of benzene rings is 1. The summed E-state index contributed by atoms with van der Waals surface area (Å²) in [7, 11) is -4.10. The number of nitrogens with one attached hydrogen (secondary N) is 2. The van der Waals surface area contributed by atoms with Crippen LogP contribution >= 0.6 is 22.9 Å². The van der Waals surface area contributed by atoms with Crippen LogP contribution in [0.2, 0.25) is 5.02 Å². The second-order valence-corrected chi connectivity index (χ2v) is 9.79. The third kappa shape index (κ3) is 3.65. The number of aromatic nitrogens is 1. The Kier molecular flexibility index (Phi) is 5.04. The first-order chi connectivity index (χ1) is 12.9. The van der Waals surface area contributed by atoms with E-state index in [1.165, 1.54) is 35.1 Å². The van der Waals surface area contributed by atoms with Gasteiger partial charge in [0.25, 0.3) is 10.0 Å². The van der Waals surface area contributed by atoms with Gasteiger partial charge in [-0.2, -0.15) is 0 Å². The van der Waals surface area contributed by atoms with E-state index in [1.54, 1.807) is 0 Å². The van der Waals surface area contributed by atoms with Gasteiger partial charge in [0.1, 0.15) is 10.7 Å². The highest BCUT2D eigenvalue weighted by molar-refractivity contribution is 7.92. The van der Waals surface area contributed by atoms with Gasteiger partial charge < -0.3 is 5.32 Å². The molecule has 0 radical (unpaired) electrons. The minimum atomic E-state index is -4.10. The van der Waals surface area contributed by atoms with Gasteiger partial charge in [-0.05, 0) is 50.9 Å². The Bertz CT molecular complexity index is 927. The highest BCUT2D eigenvalue weighted by Gasteiger charge is 2.43. The average Bonchev–Trinajstić information content (AvgIpc) is 3.31. The van der Waals surface area contributed by atoms with Crippen LogP contribution in [0.25, 0.3) is 0 Å². The van der Waals surface area contributed by atoms with E-state index < -0.39 is 20.7 Å². The van der Waals surface area contributed by atoms with Crippen LogP contribution in [0.4, 0.5) is 15.9 Å². The lowest BCUT2D eigenvalue weighted by molar-refractivity contribution is 0.209. The Morgan fingerprint density at radius 3 is 2.70 bits per heavy atom. The molecule has 3 heterocycles. The largest absolute Gasteiger partial charge is 0.382 e. The van der Waals surface area contributed by atoms with Crippen LogP contribution in [0.15, 0.2) is 27.9 Å². The van der Waals surface area contributed by atoms with E-state index in [1.807, 2.05) is 0 Å². The Morgan fingerprint density at radius 2 is 2.04 bits per heavy atom. The molecule has 146 valence electrons. The fourth-order valence-corrected chi connectivity index (χ4v) is 6.04. The molecule has 2 saturated heterocycles. The summed E-state index contributed by atoms with van der Waals surface area (Å²) in [4.78, 5) is 5.85. The molecule has 6 nitrogen and oxygen atoms in total. The van der Waals surface area contributed by atoms with E-state index in [9.17, 15) is 12.8 Å². The van der Waals surface area contributed by atoms with Crippen molar-refractivity contribution in [2.24, 2.45) is 0 Å². The second kappa shape index (κ2) is 7.20. The molecule has 0 bridgehead atoms. The number of halogens is 2. The summed E-state index contributed by atoms with van der Waals surface area (Å²) in [6, 6.07) is 2.30. The molecule has 27 heavy (non-hydrogen) atoms. The number of rotatable bonds is 6. The van der Waals surface area contributed by atoms with Crippen molar-refractivity contribution < 1.29 is 12.8 Å². The Balaban J connectivity index is 1.53. The maximum Gasteiger partial charge on any atom is 0.266 e. The average molecular weight is 431 g/mol. The third-order valence-corrected chi connectivity index (χ3v) is 7.67. The SMILES string of the molecule is O=S(=O)(Nc1cscn1)c1cc(Cl)c(NCC23CCCN2CCC3)cc1F. The van der Waals surface area contributed by atoms with Crippen LogP contribution in [-0.4, -0.2) is 43.5 Å². The number of anilines is 2. The fraction of sp³-hybridized carbons (Fsp3) is 0.471. The molecule has 2 aliphatic heterocycles. The molecule has 1 aromatic heterocycles. The molecular weight excluding hydrogens is 411 g/mol. The molecule has 0 amide bonds. The standard InChI is InChI=1S/C17H20ClFN4O2S2/c18-12-7-15(27(24,25)22-16-9-26-11-21-16)13(19)8-14(12)20-10-17-3-1-5-23(17)6-2-4-17/h7-9,11,20,22H,1-6,10H2.